The number of aromatic nitrogens is 2. The Balaban J connectivity index is 1.36. The molecule has 1 unspecified atom stereocenters. The molecule has 3 aliphatic rings. The van der Waals surface area contributed by atoms with Gasteiger partial charge in [0.25, 0.3) is 0 Å². The second-order valence-electron chi connectivity index (χ2n) is 8.65. The third kappa shape index (κ3) is 3.55. The number of carbonyl (C=O) groups is 2. The van der Waals surface area contributed by atoms with Gasteiger partial charge in [-0.15, -0.1) is 0 Å². The summed E-state index contributed by atoms with van der Waals surface area (Å²) in [5.74, 6) is -0.475. The minimum Gasteiger partial charge on any atom is -0.381 e. The molecule has 0 bridgehead atoms. The van der Waals surface area contributed by atoms with Gasteiger partial charge in [-0.25, -0.2) is 9.18 Å². The molecule has 2 atom stereocenters. The number of hydrogen-bond donors (Lipinski definition) is 1. The van der Waals surface area contributed by atoms with Crippen molar-refractivity contribution in [1.82, 2.24) is 14.7 Å². The first-order valence-electron chi connectivity index (χ1n) is 10.3. The molecule has 4 heterocycles. The van der Waals surface area contributed by atoms with Gasteiger partial charge < -0.3 is 19.9 Å². The van der Waals surface area contributed by atoms with Crippen molar-refractivity contribution >= 4 is 34.9 Å². The lowest BCUT2D eigenvalue weighted by atomic mass is 9.86. The average Bonchev–Trinajstić information content (AvgIpc) is 3.43. The van der Waals surface area contributed by atoms with Crippen LogP contribution in [-0.4, -0.2) is 52.4 Å². The normalized spacial score (nSPS) is 25.4. The number of amides is 3. The highest BCUT2D eigenvalue weighted by molar-refractivity contribution is 6.31. The summed E-state index contributed by atoms with van der Waals surface area (Å²) in [7, 11) is 0. The van der Waals surface area contributed by atoms with Gasteiger partial charge in [0.2, 0.25) is 5.91 Å². The smallest absolute Gasteiger partial charge is 0.322 e. The van der Waals surface area contributed by atoms with Crippen molar-refractivity contribution in [2.75, 3.05) is 30.0 Å². The maximum atomic E-state index is 13.4. The van der Waals surface area contributed by atoms with Crippen LogP contribution >= 0.6 is 11.6 Å². The molecule has 31 heavy (non-hydrogen) atoms. The van der Waals surface area contributed by atoms with E-state index in [2.05, 4.69) is 10.4 Å². The largest absolute Gasteiger partial charge is 0.381 e. The van der Waals surface area contributed by atoms with Crippen molar-refractivity contribution in [3.63, 3.8) is 0 Å². The first kappa shape index (κ1) is 20.3. The first-order chi connectivity index (χ1) is 14.8. The molecule has 1 N–H and O–H groups in total. The second kappa shape index (κ2) is 7.49. The molecule has 8 nitrogen and oxygen atoms in total. The number of halogens is 2. The lowest BCUT2D eigenvalue weighted by Crippen LogP contribution is -2.47. The van der Waals surface area contributed by atoms with Crippen molar-refractivity contribution in [1.29, 1.82) is 0 Å². The zero-order valence-electron chi connectivity index (χ0n) is 17.1. The molecule has 1 aromatic heterocycles. The van der Waals surface area contributed by atoms with E-state index < -0.39 is 5.82 Å². The van der Waals surface area contributed by atoms with Gasteiger partial charge in [0, 0.05) is 30.7 Å². The van der Waals surface area contributed by atoms with Crippen LogP contribution in [0.5, 0.6) is 0 Å². The number of benzene rings is 1. The standard InChI is InChI=1S/C21H23ClFN5O3/c1-13-9-28-18(10-26(13)20(30)25-14-2-3-16(23)15(22)6-14)17(8-24-28)27-11-21(7-19(27)29)4-5-31-12-21/h2-3,6,8,13H,4-5,7,9-12H2,1H3,(H,25,30)/t13-,21?/m0/s1. The topological polar surface area (TPSA) is 79.7 Å². The molecule has 1 spiro atoms. The molecule has 0 saturated carbocycles. The molecular weight excluding hydrogens is 425 g/mol. The fourth-order valence-electron chi connectivity index (χ4n) is 4.68. The average molecular weight is 448 g/mol. The number of nitrogens with zero attached hydrogens (tertiary/aromatic N) is 4. The van der Waals surface area contributed by atoms with Gasteiger partial charge in [0.15, 0.2) is 0 Å². The quantitative estimate of drug-likeness (QED) is 0.766. The Labute approximate surface area is 183 Å². The van der Waals surface area contributed by atoms with Gasteiger partial charge in [-0.05, 0) is 31.5 Å². The lowest BCUT2D eigenvalue weighted by molar-refractivity contribution is -0.117. The number of fused-ring (bicyclic) bond motifs is 1. The number of urea groups is 1. The Morgan fingerprint density at radius 3 is 3.00 bits per heavy atom. The van der Waals surface area contributed by atoms with Crippen LogP contribution in [0.1, 0.15) is 25.5 Å². The summed E-state index contributed by atoms with van der Waals surface area (Å²) in [5.41, 5.74) is 1.88. The van der Waals surface area contributed by atoms with Crippen LogP contribution in [0.15, 0.2) is 24.4 Å². The Bertz CT molecular complexity index is 1050. The summed E-state index contributed by atoms with van der Waals surface area (Å²) in [6.07, 6.45) is 3.07. The molecule has 2 aromatic rings. The van der Waals surface area contributed by atoms with E-state index >= 15 is 0 Å². The summed E-state index contributed by atoms with van der Waals surface area (Å²) in [6.45, 7) is 4.66. The van der Waals surface area contributed by atoms with E-state index in [1.165, 1.54) is 18.2 Å². The van der Waals surface area contributed by atoms with E-state index in [4.69, 9.17) is 16.3 Å². The van der Waals surface area contributed by atoms with Gasteiger partial charge in [0.05, 0.1) is 48.3 Å². The maximum Gasteiger partial charge on any atom is 0.322 e. The van der Waals surface area contributed by atoms with E-state index in [-0.39, 0.29) is 28.4 Å². The molecule has 3 amide bonds. The summed E-state index contributed by atoms with van der Waals surface area (Å²) in [4.78, 5) is 29.2. The van der Waals surface area contributed by atoms with Crippen LogP contribution in [0, 0.1) is 11.2 Å². The van der Waals surface area contributed by atoms with Crippen LogP contribution in [0.2, 0.25) is 5.02 Å². The van der Waals surface area contributed by atoms with Crippen molar-refractivity contribution in [2.45, 2.75) is 38.9 Å². The number of anilines is 2. The molecule has 0 aliphatic carbocycles. The van der Waals surface area contributed by atoms with Crippen LogP contribution in [-0.2, 0) is 22.6 Å². The molecule has 3 aliphatic heterocycles. The third-order valence-corrected chi connectivity index (χ3v) is 6.73. The number of nitrogens with one attached hydrogen (secondary N) is 1. The summed E-state index contributed by atoms with van der Waals surface area (Å²) in [5, 5.41) is 7.20. The predicted octanol–water partition coefficient (Wildman–Crippen LogP) is 3.26. The molecule has 10 heteroatoms. The predicted molar refractivity (Wildman–Crippen MR) is 112 cm³/mol. The Morgan fingerprint density at radius 2 is 2.26 bits per heavy atom. The van der Waals surface area contributed by atoms with Crippen molar-refractivity contribution < 1.29 is 18.7 Å². The van der Waals surface area contributed by atoms with E-state index in [0.29, 0.717) is 45.0 Å². The zero-order chi connectivity index (χ0) is 21.8. The van der Waals surface area contributed by atoms with Gasteiger partial charge in [-0.3, -0.25) is 9.48 Å². The Kier molecular flexibility index (Phi) is 4.90. The zero-order valence-corrected chi connectivity index (χ0v) is 17.9. The number of carbonyl (C=O) groups excluding carboxylic acids is 2. The summed E-state index contributed by atoms with van der Waals surface area (Å²) in [6, 6.07) is 3.63. The Morgan fingerprint density at radius 1 is 1.42 bits per heavy atom. The third-order valence-electron chi connectivity index (χ3n) is 6.44. The molecule has 0 radical (unpaired) electrons. The van der Waals surface area contributed by atoms with Crippen molar-refractivity contribution in [3.05, 3.63) is 40.9 Å². The van der Waals surface area contributed by atoms with Gasteiger partial charge in [-0.1, -0.05) is 11.6 Å². The highest BCUT2D eigenvalue weighted by atomic mass is 35.5. The van der Waals surface area contributed by atoms with E-state index in [0.717, 1.165) is 17.8 Å². The molecule has 2 saturated heterocycles. The molecule has 164 valence electrons. The monoisotopic (exact) mass is 447 g/mol. The summed E-state index contributed by atoms with van der Waals surface area (Å²) < 4.78 is 20.8. The number of hydrogen-bond acceptors (Lipinski definition) is 4. The van der Waals surface area contributed by atoms with Crippen LogP contribution in [0.25, 0.3) is 0 Å². The van der Waals surface area contributed by atoms with Gasteiger partial charge >= 0.3 is 6.03 Å². The van der Waals surface area contributed by atoms with Gasteiger partial charge in [0.1, 0.15) is 5.82 Å². The minimum absolute atomic E-state index is 0.0535. The SMILES string of the molecule is C[C@H]1Cn2ncc(N3CC4(CCOC4)CC3=O)c2CN1C(=O)Nc1ccc(F)c(Cl)c1. The molecule has 5 rings (SSSR count). The maximum absolute atomic E-state index is 13.4. The first-order valence-corrected chi connectivity index (χ1v) is 10.7. The van der Waals surface area contributed by atoms with Crippen LogP contribution in [0.3, 0.4) is 0 Å². The summed E-state index contributed by atoms with van der Waals surface area (Å²) >= 11 is 5.82. The molecular formula is C21H23ClFN5O3. The van der Waals surface area contributed by atoms with Crippen molar-refractivity contribution in [2.24, 2.45) is 5.41 Å². The highest BCUT2D eigenvalue weighted by Crippen LogP contribution is 2.42. The lowest BCUT2D eigenvalue weighted by Gasteiger charge is -2.35. The van der Waals surface area contributed by atoms with Crippen molar-refractivity contribution in [3.8, 4) is 0 Å². The van der Waals surface area contributed by atoms with Crippen LogP contribution in [0.4, 0.5) is 20.6 Å². The number of rotatable bonds is 2. The minimum atomic E-state index is -0.541. The Hall–Kier alpha value is -2.65. The highest BCUT2D eigenvalue weighted by Gasteiger charge is 2.47. The van der Waals surface area contributed by atoms with Crippen LogP contribution < -0.4 is 10.2 Å². The van der Waals surface area contributed by atoms with E-state index in [1.54, 1.807) is 16.0 Å². The fourth-order valence-corrected chi connectivity index (χ4v) is 4.86. The fraction of sp³-hybridized carbons (Fsp3) is 0.476. The molecule has 1 aromatic carbocycles. The van der Waals surface area contributed by atoms with E-state index in [9.17, 15) is 14.0 Å². The molecule has 2 fully saturated rings. The number of ether oxygens (including phenoxy) is 1. The van der Waals surface area contributed by atoms with Gasteiger partial charge in [-0.2, -0.15) is 5.10 Å². The van der Waals surface area contributed by atoms with E-state index in [1.807, 2.05) is 11.6 Å². The second-order valence-corrected chi connectivity index (χ2v) is 9.06.